The Balaban J connectivity index is 2.86. The molecule has 2 N–H and O–H groups in total. The van der Waals surface area contributed by atoms with E-state index < -0.39 is 13.4 Å². The molecule has 0 aliphatic carbocycles. The third-order valence-corrected chi connectivity index (χ3v) is 2.76. The highest BCUT2D eigenvalue weighted by molar-refractivity contribution is 7.52. The first-order valence-electron chi connectivity index (χ1n) is 3.17. The fraction of sp³-hybridized carbons (Fsp3) is 0.333. The van der Waals surface area contributed by atoms with Crippen molar-refractivity contribution < 1.29 is 23.5 Å². The monoisotopic (exact) mass is 192 g/mol. The van der Waals surface area contributed by atoms with E-state index in [1.807, 2.05) is 0 Å². The largest absolute Gasteiger partial charge is 0.466 e. The summed E-state index contributed by atoms with van der Waals surface area (Å²) in [5, 5.41) is 9.21. The molecule has 0 aliphatic heterocycles. The van der Waals surface area contributed by atoms with Gasteiger partial charge in [0.05, 0.1) is 6.26 Å². The van der Waals surface area contributed by atoms with Crippen LogP contribution >= 0.6 is 7.60 Å². The number of rotatable bonds is 3. The van der Waals surface area contributed by atoms with E-state index in [-0.39, 0.29) is 5.76 Å². The summed E-state index contributed by atoms with van der Waals surface area (Å²) in [5.74, 6) is -1.60. The summed E-state index contributed by atoms with van der Waals surface area (Å²) < 4.78 is 19.9. The zero-order valence-electron chi connectivity index (χ0n) is 6.38. The fourth-order valence-corrected chi connectivity index (χ4v) is 1.37. The summed E-state index contributed by atoms with van der Waals surface area (Å²) in [5.41, 5.74) is 0. The second kappa shape index (κ2) is 3.41. The Kier molecular flexibility index (Phi) is 2.69. The zero-order chi connectivity index (χ0) is 9.19. The van der Waals surface area contributed by atoms with Crippen molar-refractivity contribution in [1.82, 2.24) is 0 Å². The van der Waals surface area contributed by atoms with Gasteiger partial charge in [-0.05, 0) is 12.1 Å². The molecule has 5 nitrogen and oxygen atoms in total. The average molecular weight is 192 g/mol. The summed E-state index contributed by atoms with van der Waals surface area (Å²) in [6.07, 6.45) is 1.30. The van der Waals surface area contributed by atoms with Crippen LogP contribution in [0.3, 0.4) is 0 Å². The summed E-state index contributed by atoms with van der Waals surface area (Å²) in [6.45, 7) is 0. The molecule has 2 atom stereocenters. The first kappa shape index (κ1) is 9.48. The Morgan fingerprint density at radius 3 is 2.83 bits per heavy atom. The molecule has 0 spiro atoms. The molecular formula is C6H9O5P. The smallest absolute Gasteiger partial charge is 0.363 e. The molecule has 2 unspecified atom stereocenters. The highest BCUT2D eigenvalue weighted by Gasteiger charge is 2.32. The minimum Gasteiger partial charge on any atom is -0.466 e. The van der Waals surface area contributed by atoms with Gasteiger partial charge in [0.25, 0.3) is 0 Å². The molecule has 1 heterocycles. The van der Waals surface area contributed by atoms with Crippen LogP contribution in [0.25, 0.3) is 0 Å². The predicted octanol–water partition coefficient (Wildman–Crippen LogP) is 1.10. The Morgan fingerprint density at radius 1 is 1.75 bits per heavy atom. The molecule has 0 saturated carbocycles. The van der Waals surface area contributed by atoms with Gasteiger partial charge in [-0.1, -0.05) is 0 Å². The van der Waals surface area contributed by atoms with Crippen molar-refractivity contribution in [2.45, 2.75) is 5.85 Å². The van der Waals surface area contributed by atoms with E-state index in [0.29, 0.717) is 0 Å². The van der Waals surface area contributed by atoms with Gasteiger partial charge >= 0.3 is 7.60 Å². The van der Waals surface area contributed by atoms with Crippen molar-refractivity contribution in [3.63, 3.8) is 0 Å². The van der Waals surface area contributed by atoms with Gasteiger partial charge in [-0.15, -0.1) is 0 Å². The Labute approximate surface area is 69.1 Å². The average Bonchev–Trinajstić information content (AvgIpc) is 2.55. The maximum Gasteiger partial charge on any atom is 0.363 e. The topological polar surface area (TPSA) is 79.9 Å². The molecule has 1 rings (SSSR count). The molecule has 0 amide bonds. The normalized spacial score (nSPS) is 18.6. The molecule has 12 heavy (non-hydrogen) atoms. The van der Waals surface area contributed by atoms with E-state index >= 15 is 0 Å². The summed E-state index contributed by atoms with van der Waals surface area (Å²) in [7, 11) is -2.94. The van der Waals surface area contributed by atoms with E-state index in [2.05, 4.69) is 4.52 Å². The lowest BCUT2D eigenvalue weighted by Gasteiger charge is -2.12. The highest BCUT2D eigenvalue weighted by atomic mass is 31.2. The van der Waals surface area contributed by atoms with Gasteiger partial charge in [-0.25, -0.2) is 0 Å². The third kappa shape index (κ3) is 1.76. The van der Waals surface area contributed by atoms with Crippen LogP contribution in [-0.2, 0) is 9.09 Å². The van der Waals surface area contributed by atoms with Crippen LogP contribution in [0.1, 0.15) is 11.6 Å². The van der Waals surface area contributed by atoms with Crippen LogP contribution in [0.4, 0.5) is 0 Å². The van der Waals surface area contributed by atoms with E-state index in [1.165, 1.54) is 18.4 Å². The van der Waals surface area contributed by atoms with Crippen LogP contribution < -0.4 is 0 Å². The number of hydrogen-bond acceptors (Lipinski definition) is 4. The highest BCUT2D eigenvalue weighted by Crippen LogP contribution is 2.54. The van der Waals surface area contributed by atoms with Crippen molar-refractivity contribution in [1.29, 1.82) is 0 Å². The Morgan fingerprint density at radius 2 is 2.42 bits per heavy atom. The van der Waals surface area contributed by atoms with Gasteiger partial charge in [0.1, 0.15) is 5.76 Å². The molecule has 1 aromatic rings. The fourth-order valence-electron chi connectivity index (χ4n) is 0.699. The summed E-state index contributed by atoms with van der Waals surface area (Å²) >= 11 is 0. The van der Waals surface area contributed by atoms with Gasteiger partial charge in [-0.2, -0.15) is 0 Å². The van der Waals surface area contributed by atoms with Gasteiger partial charge in [0.15, 0.2) is 0 Å². The van der Waals surface area contributed by atoms with Crippen molar-refractivity contribution in [2.75, 3.05) is 7.11 Å². The lowest BCUT2D eigenvalue weighted by Crippen LogP contribution is -1.98. The molecule has 1 aromatic heterocycles. The maximum atomic E-state index is 11.0. The molecule has 0 aromatic carbocycles. The van der Waals surface area contributed by atoms with Crippen molar-refractivity contribution in [3.8, 4) is 0 Å². The number of hydrogen-bond donors (Lipinski definition) is 2. The summed E-state index contributed by atoms with van der Waals surface area (Å²) in [4.78, 5) is 8.99. The zero-order valence-corrected chi connectivity index (χ0v) is 7.27. The number of aliphatic hydroxyl groups is 1. The van der Waals surface area contributed by atoms with Gasteiger partial charge in [-0.3, -0.25) is 4.57 Å². The first-order valence-corrected chi connectivity index (χ1v) is 4.82. The lowest BCUT2D eigenvalue weighted by molar-refractivity contribution is 0.170. The Hall–Kier alpha value is -0.610. The standard InChI is InChI=1S/C6H9O5P/c1-10-12(8,9)6(7)5-3-2-4-11-5/h2-4,6-7H,1H3,(H,8,9). The van der Waals surface area contributed by atoms with E-state index in [0.717, 1.165) is 7.11 Å². The third-order valence-electron chi connectivity index (χ3n) is 1.37. The van der Waals surface area contributed by atoms with E-state index in [9.17, 15) is 9.67 Å². The molecule has 0 saturated heterocycles. The molecule has 68 valence electrons. The van der Waals surface area contributed by atoms with Crippen LogP contribution in [-0.4, -0.2) is 17.1 Å². The number of furan rings is 1. The Bertz CT molecular complexity index is 280. The SMILES string of the molecule is COP(=O)(O)C(O)c1ccco1. The second-order valence-corrected chi connectivity index (χ2v) is 4.12. The van der Waals surface area contributed by atoms with E-state index in [4.69, 9.17) is 9.31 Å². The molecule has 0 radical (unpaired) electrons. The minimum atomic E-state index is -3.99. The van der Waals surface area contributed by atoms with Gasteiger partial charge in [0, 0.05) is 7.11 Å². The second-order valence-electron chi connectivity index (χ2n) is 2.14. The van der Waals surface area contributed by atoms with Gasteiger partial charge in [0.2, 0.25) is 5.85 Å². The van der Waals surface area contributed by atoms with Crippen LogP contribution in [0.2, 0.25) is 0 Å². The van der Waals surface area contributed by atoms with Crippen molar-refractivity contribution >= 4 is 7.60 Å². The maximum absolute atomic E-state index is 11.0. The first-order chi connectivity index (χ1) is 5.58. The predicted molar refractivity (Wildman–Crippen MR) is 40.5 cm³/mol. The van der Waals surface area contributed by atoms with Crippen LogP contribution in [0.15, 0.2) is 22.8 Å². The molecule has 0 aliphatic rings. The van der Waals surface area contributed by atoms with Crippen LogP contribution in [0.5, 0.6) is 0 Å². The number of aliphatic hydroxyl groups excluding tert-OH is 1. The van der Waals surface area contributed by atoms with Crippen LogP contribution in [0, 0.1) is 0 Å². The molecule has 0 bridgehead atoms. The lowest BCUT2D eigenvalue weighted by atomic mass is 10.5. The molecule has 6 heteroatoms. The van der Waals surface area contributed by atoms with Gasteiger partial charge < -0.3 is 18.9 Å². The quantitative estimate of drug-likeness (QED) is 0.701. The van der Waals surface area contributed by atoms with Crippen molar-refractivity contribution in [3.05, 3.63) is 24.2 Å². The molecular weight excluding hydrogens is 183 g/mol. The van der Waals surface area contributed by atoms with E-state index in [1.54, 1.807) is 0 Å². The molecule has 0 fully saturated rings. The minimum absolute atomic E-state index is 0.0164. The summed E-state index contributed by atoms with van der Waals surface area (Å²) in [6, 6.07) is 2.90. The van der Waals surface area contributed by atoms with Crippen molar-refractivity contribution in [2.24, 2.45) is 0 Å².